The number of alkyl halides is 3. The maximum Gasteiger partial charge on any atom is 0.416 e. The van der Waals surface area contributed by atoms with Crippen LogP contribution in [0.5, 0.6) is 0 Å². The number of pyridine rings is 1. The van der Waals surface area contributed by atoms with Gasteiger partial charge in [-0.15, -0.1) is 0 Å². The van der Waals surface area contributed by atoms with Gasteiger partial charge < -0.3 is 14.7 Å². The Morgan fingerprint density at radius 1 is 1.26 bits per heavy atom. The van der Waals surface area contributed by atoms with Gasteiger partial charge in [0, 0.05) is 20.2 Å². The summed E-state index contributed by atoms with van der Waals surface area (Å²) in [6, 6.07) is 9.10. The summed E-state index contributed by atoms with van der Waals surface area (Å²) in [5, 5.41) is 9.12. The van der Waals surface area contributed by atoms with E-state index in [1.54, 1.807) is 37.1 Å². The monoisotopic (exact) mass is 458 g/mol. The van der Waals surface area contributed by atoms with Crippen molar-refractivity contribution in [2.45, 2.75) is 41.7 Å². The number of likely N-dealkylation sites (N-methyl/N-ethyl adjacent to an activating group) is 1. The molecular formula is C21H25F3N2O4S. The van der Waals surface area contributed by atoms with Gasteiger partial charge in [0.25, 0.3) is 0 Å². The van der Waals surface area contributed by atoms with Crippen LogP contribution in [-0.2, 0) is 20.8 Å². The van der Waals surface area contributed by atoms with E-state index in [-0.39, 0.29) is 31.0 Å². The minimum absolute atomic E-state index is 0.0460. The molecule has 6 nitrogen and oxygen atoms in total. The maximum atomic E-state index is 13.3. The average molecular weight is 459 g/mol. The van der Waals surface area contributed by atoms with Crippen LogP contribution in [0.15, 0.2) is 47.4 Å². The van der Waals surface area contributed by atoms with Gasteiger partial charge in [-0.25, -0.2) is 13.4 Å². The van der Waals surface area contributed by atoms with E-state index < -0.39 is 32.4 Å². The molecule has 2 heterocycles. The van der Waals surface area contributed by atoms with E-state index >= 15 is 0 Å². The zero-order valence-electron chi connectivity index (χ0n) is 17.3. The van der Waals surface area contributed by atoms with Crippen molar-refractivity contribution in [3.63, 3.8) is 0 Å². The van der Waals surface area contributed by atoms with Crippen LogP contribution in [0.2, 0.25) is 0 Å². The minimum atomic E-state index is -4.63. The first-order valence-electron chi connectivity index (χ1n) is 9.80. The molecule has 0 bridgehead atoms. The van der Waals surface area contributed by atoms with Crippen molar-refractivity contribution < 1.29 is 31.4 Å². The molecule has 2 aromatic rings. The molecule has 10 heteroatoms. The molecule has 1 aromatic heterocycles. The smallest absolute Gasteiger partial charge is 0.395 e. The van der Waals surface area contributed by atoms with Crippen molar-refractivity contribution >= 4 is 15.7 Å². The zero-order chi connectivity index (χ0) is 22.9. The van der Waals surface area contributed by atoms with Crippen molar-refractivity contribution in [3.05, 3.63) is 53.7 Å². The van der Waals surface area contributed by atoms with E-state index in [9.17, 15) is 21.6 Å². The Labute approximate surface area is 179 Å². The molecule has 0 spiro atoms. The normalized spacial score (nSPS) is 22.3. The van der Waals surface area contributed by atoms with E-state index in [4.69, 9.17) is 9.84 Å². The molecule has 3 rings (SSSR count). The fourth-order valence-electron chi connectivity index (χ4n) is 3.62. The minimum Gasteiger partial charge on any atom is -0.395 e. The van der Waals surface area contributed by atoms with Gasteiger partial charge in [-0.05, 0) is 50.1 Å². The van der Waals surface area contributed by atoms with Crippen LogP contribution in [0.1, 0.15) is 37.1 Å². The van der Waals surface area contributed by atoms with Crippen molar-refractivity contribution in [2.24, 2.45) is 0 Å². The van der Waals surface area contributed by atoms with Crippen LogP contribution in [0, 0.1) is 0 Å². The van der Waals surface area contributed by atoms with E-state index in [0.717, 1.165) is 12.1 Å². The summed E-state index contributed by atoms with van der Waals surface area (Å²) in [5.74, 6) is 0.600. The second kappa shape index (κ2) is 8.76. The van der Waals surface area contributed by atoms with Crippen LogP contribution < -0.4 is 4.90 Å². The van der Waals surface area contributed by atoms with Crippen LogP contribution in [0.3, 0.4) is 0 Å². The zero-order valence-corrected chi connectivity index (χ0v) is 18.1. The van der Waals surface area contributed by atoms with Gasteiger partial charge in [0.1, 0.15) is 11.9 Å². The Bertz CT molecular complexity index is 1030. The van der Waals surface area contributed by atoms with Gasteiger partial charge in [-0.2, -0.15) is 13.2 Å². The quantitative estimate of drug-likeness (QED) is 0.713. The molecule has 2 unspecified atom stereocenters. The first kappa shape index (κ1) is 23.5. The number of halogens is 3. The van der Waals surface area contributed by atoms with Gasteiger partial charge in [0.15, 0.2) is 9.84 Å². The lowest BCUT2D eigenvalue weighted by molar-refractivity contribution is -0.137. The Morgan fingerprint density at radius 3 is 2.65 bits per heavy atom. The number of sulfone groups is 1. The SMILES string of the molecule is CN(CCO)c1cccc(C2CC(C)(S(=O)(=O)c3cccc(C(F)(F)F)c3)CCO2)n1. The summed E-state index contributed by atoms with van der Waals surface area (Å²) in [6.45, 7) is 2.01. The standard InChI is InChI=1S/C21H25F3N2O4S/c1-20(31(28,29)16-6-3-5-15(13-16)21(22,23)24)9-12-30-18(14-20)17-7-4-8-19(25-17)26(2)10-11-27/h3-8,13,18,27H,9-12,14H2,1-2H3. The first-order chi connectivity index (χ1) is 14.5. The van der Waals surface area contributed by atoms with Gasteiger partial charge in [-0.1, -0.05) is 12.1 Å². The van der Waals surface area contributed by atoms with Crippen LogP contribution in [0.4, 0.5) is 19.0 Å². The van der Waals surface area contributed by atoms with Gasteiger partial charge in [-0.3, -0.25) is 0 Å². The molecule has 1 N–H and O–H groups in total. The fraction of sp³-hybridized carbons (Fsp3) is 0.476. The lowest BCUT2D eigenvalue weighted by Crippen LogP contribution is -2.42. The summed E-state index contributed by atoms with van der Waals surface area (Å²) in [7, 11) is -2.30. The molecule has 0 aliphatic carbocycles. The van der Waals surface area contributed by atoms with Crippen LogP contribution in [0.25, 0.3) is 0 Å². The van der Waals surface area contributed by atoms with Crippen molar-refractivity contribution in [3.8, 4) is 0 Å². The Hall–Kier alpha value is -2.17. The van der Waals surface area contributed by atoms with E-state index in [2.05, 4.69) is 4.98 Å². The summed E-state index contributed by atoms with van der Waals surface area (Å²) in [4.78, 5) is 5.93. The number of anilines is 1. The summed E-state index contributed by atoms with van der Waals surface area (Å²) in [5.41, 5.74) is -0.463. The maximum absolute atomic E-state index is 13.3. The van der Waals surface area contributed by atoms with Crippen molar-refractivity contribution in [1.29, 1.82) is 0 Å². The highest BCUT2D eigenvalue weighted by atomic mass is 32.2. The highest BCUT2D eigenvalue weighted by Gasteiger charge is 2.46. The Balaban J connectivity index is 1.91. The number of ether oxygens (including phenoxy) is 1. The number of hydrogen-bond acceptors (Lipinski definition) is 6. The molecule has 1 aliphatic heterocycles. The number of benzene rings is 1. The van der Waals surface area contributed by atoms with E-state index in [1.165, 1.54) is 6.07 Å². The van der Waals surface area contributed by atoms with Gasteiger partial charge in [0.05, 0.1) is 27.5 Å². The lowest BCUT2D eigenvalue weighted by atomic mass is 9.94. The molecule has 1 saturated heterocycles. The first-order valence-corrected chi connectivity index (χ1v) is 11.3. The largest absolute Gasteiger partial charge is 0.416 e. The lowest BCUT2D eigenvalue weighted by Gasteiger charge is -2.37. The molecule has 1 fully saturated rings. The Morgan fingerprint density at radius 2 is 1.97 bits per heavy atom. The van der Waals surface area contributed by atoms with Crippen molar-refractivity contribution in [1.82, 2.24) is 4.98 Å². The Kier molecular flexibility index (Phi) is 6.64. The van der Waals surface area contributed by atoms with E-state index in [1.807, 2.05) is 0 Å². The summed E-state index contributed by atoms with van der Waals surface area (Å²) < 4.78 is 70.4. The average Bonchev–Trinajstić information content (AvgIpc) is 2.73. The molecule has 31 heavy (non-hydrogen) atoms. The van der Waals surface area contributed by atoms with Crippen molar-refractivity contribution in [2.75, 3.05) is 31.7 Å². The van der Waals surface area contributed by atoms with E-state index in [0.29, 0.717) is 24.1 Å². The van der Waals surface area contributed by atoms with Gasteiger partial charge >= 0.3 is 6.18 Å². The second-order valence-electron chi connectivity index (χ2n) is 7.86. The third-order valence-corrected chi connectivity index (χ3v) is 8.14. The number of aromatic nitrogens is 1. The molecule has 1 aromatic carbocycles. The predicted octanol–water partition coefficient (Wildman–Crippen LogP) is 3.61. The molecule has 0 amide bonds. The number of aliphatic hydroxyl groups is 1. The fourth-order valence-corrected chi connectivity index (χ4v) is 5.46. The van der Waals surface area contributed by atoms with Crippen LogP contribution in [-0.4, -0.2) is 50.1 Å². The summed E-state index contributed by atoms with van der Waals surface area (Å²) in [6.07, 6.45) is -5.03. The topological polar surface area (TPSA) is 79.7 Å². The molecule has 2 atom stereocenters. The molecular weight excluding hydrogens is 433 g/mol. The summed E-state index contributed by atoms with van der Waals surface area (Å²) >= 11 is 0. The predicted molar refractivity (Wildman–Crippen MR) is 110 cm³/mol. The highest BCUT2D eigenvalue weighted by Crippen LogP contribution is 2.42. The number of nitrogens with zero attached hydrogens (tertiary/aromatic N) is 2. The third kappa shape index (κ3) is 4.86. The highest BCUT2D eigenvalue weighted by molar-refractivity contribution is 7.92. The molecule has 0 radical (unpaired) electrons. The molecule has 0 saturated carbocycles. The number of hydrogen-bond donors (Lipinski definition) is 1. The number of rotatable bonds is 6. The van der Waals surface area contributed by atoms with Crippen LogP contribution >= 0.6 is 0 Å². The molecule has 170 valence electrons. The molecule has 1 aliphatic rings. The third-order valence-electron chi connectivity index (χ3n) is 5.60. The second-order valence-corrected chi connectivity index (χ2v) is 10.3. The number of aliphatic hydroxyl groups excluding tert-OH is 1. The van der Waals surface area contributed by atoms with Gasteiger partial charge in [0.2, 0.25) is 0 Å².